The smallest absolute Gasteiger partial charge is 0.303 e. The third-order valence-corrected chi connectivity index (χ3v) is 4.67. The lowest BCUT2D eigenvalue weighted by atomic mass is 10.1. The Balaban J connectivity index is 2.05. The fourth-order valence-corrected chi connectivity index (χ4v) is 3.33. The molecule has 0 bridgehead atoms. The van der Waals surface area contributed by atoms with E-state index in [1.165, 1.54) is 38.3 Å². The number of nitrogens with two attached hydrogens (primary N) is 1. The van der Waals surface area contributed by atoms with Crippen LogP contribution in [0, 0.1) is 0 Å². The van der Waals surface area contributed by atoms with Gasteiger partial charge in [-0.15, -0.1) is 0 Å². The molecular weight excluding hydrogens is 384 g/mol. The van der Waals surface area contributed by atoms with Gasteiger partial charge in [-0.05, 0) is 0 Å². The Morgan fingerprint density at radius 2 is 1.93 bits per heavy atom. The van der Waals surface area contributed by atoms with Crippen LogP contribution in [0.15, 0.2) is 12.7 Å². The van der Waals surface area contributed by atoms with Crippen molar-refractivity contribution in [3.63, 3.8) is 0 Å². The van der Waals surface area contributed by atoms with Crippen LogP contribution in [0.3, 0.4) is 0 Å². The zero-order valence-corrected chi connectivity index (χ0v) is 16.4. The SMILES string of the molecule is CC(=O)OC[C@H]1O[C@@H](n2cnc3c(N)ncnc32)[C@H](OC(C)=O)[C@@H]1N(C)C(C)=O. The third-order valence-electron chi connectivity index (χ3n) is 4.67. The Labute approximate surface area is 165 Å². The molecule has 4 atom stereocenters. The number of esters is 2. The molecule has 3 rings (SSSR count). The summed E-state index contributed by atoms with van der Waals surface area (Å²) < 4.78 is 18.3. The van der Waals surface area contributed by atoms with E-state index in [0.717, 1.165) is 0 Å². The maximum absolute atomic E-state index is 12.1. The molecule has 2 aromatic rings. The van der Waals surface area contributed by atoms with Gasteiger partial charge in [-0.1, -0.05) is 0 Å². The van der Waals surface area contributed by atoms with E-state index in [0.29, 0.717) is 11.2 Å². The number of likely N-dealkylation sites (N-methyl/N-ethyl adjacent to an activating group) is 1. The zero-order chi connectivity index (χ0) is 21.3. The van der Waals surface area contributed by atoms with Gasteiger partial charge in [0.15, 0.2) is 23.8 Å². The monoisotopic (exact) mass is 406 g/mol. The molecule has 12 nitrogen and oxygen atoms in total. The van der Waals surface area contributed by atoms with Gasteiger partial charge in [0.1, 0.15) is 30.6 Å². The molecule has 0 aliphatic carbocycles. The van der Waals surface area contributed by atoms with E-state index in [4.69, 9.17) is 19.9 Å². The van der Waals surface area contributed by atoms with Gasteiger partial charge in [0, 0.05) is 27.8 Å². The largest absolute Gasteiger partial charge is 0.463 e. The normalized spacial score (nSPS) is 23.7. The molecule has 3 heterocycles. The summed E-state index contributed by atoms with van der Waals surface area (Å²) in [4.78, 5) is 48.9. The van der Waals surface area contributed by atoms with Crippen molar-refractivity contribution in [2.45, 2.75) is 45.2 Å². The number of fused-ring (bicyclic) bond motifs is 1. The molecule has 0 saturated carbocycles. The van der Waals surface area contributed by atoms with Crippen LogP contribution < -0.4 is 5.73 Å². The van der Waals surface area contributed by atoms with Crippen LogP contribution in [-0.4, -0.2) is 74.2 Å². The average Bonchev–Trinajstić information content (AvgIpc) is 3.21. The molecule has 12 heteroatoms. The Bertz CT molecular complexity index is 946. The molecule has 1 aliphatic heterocycles. The molecule has 29 heavy (non-hydrogen) atoms. The van der Waals surface area contributed by atoms with Crippen LogP contribution >= 0.6 is 0 Å². The van der Waals surface area contributed by atoms with E-state index in [9.17, 15) is 14.4 Å². The first-order chi connectivity index (χ1) is 13.7. The summed E-state index contributed by atoms with van der Waals surface area (Å²) in [6, 6.07) is -0.711. The number of carbonyl (C=O) groups is 3. The second kappa shape index (κ2) is 7.99. The molecular formula is C17H22N6O6. The van der Waals surface area contributed by atoms with Gasteiger partial charge in [0.05, 0.1) is 6.33 Å². The Morgan fingerprint density at radius 3 is 2.55 bits per heavy atom. The average molecular weight is 406 g/mol. The van der Waals surface area contributed by atoms with Crippen LogP contribution in [0.5, 0.6) is 0 Å². The van der Waals surface area contributed by atoms with E-state index in [-0.39, 0.29) is 18.3 Å². The number of carbonyl (C=O) groups excluding carboxylic acids is 3. The summed E-state index contributed by atoms with van der Waals surface area (Å²) >= 11 is 0. The van der Waals surface area contributed by atoms with Crippen molar-refractivity contribution in [3.05, 3.63) is 12.7 Å². The van der Waals surface area contributed by atoms with Gasteiger partial charge in [-0.2, -0.15) is 0 Å². The number of anilines is 1. The van der Waals surface area contributed by atoms with Gasteiger partial charge in [-0.25, -0.2) is 15.0 Å². The van der Waals surface area contributed by atoms with E-state index in [1.807, 2.05) is 0 Å². The van der Waals surface area contributed by atoms with Gasteiger partial charge >= 0.3 is 11.9 Å². The fourth-order valence-electron chi connectivity index (χ4n) is 3.33. The molecule has 1 fully saturated rings. The highest BCUT2D eigenvalue weighted by Gasteiger charge is 2.51. The molecule has 2 N–H and O–H groups in total. The number of aromatic nitrogens is 4. The molecule has 0 spiro atoms. The van der Waals surface area contributed by atoms with Crippen molar-refractivity contribution < 1.29 is 28.6 Å². The molecule has 0 unspecified atom stereocenters. The van der Waals surface area contributed by atoms with Crippen LogP contribution in [0.1, 0.15) is 27.0 Å². The fraction of sp³-hybridized carbons (Fsp3) is 0.529. The summed E-state index contributed by atoms with van der Waals surface area (Å²) in [7, 11) is 1.56. The van der Waals surface area contributed by atoms with Crippen molar-refractivity contribution >= 4 is 34.8 Å². The lowest BCUT2D eigenvalue weighted by Gasteiger charge is -2.31. The second-order valence-electron chi connectivity index (χ2n) is 6.65. The maximum atomic E-state index is 12.1. The number of hydrogen-bond acceptors (Lipinski definition) is 10. The third kappa shape index (κ3) is 3.97. The molecule has 1 aliphatic rings. The topological polar surface area (TPSA) is 152 Å². The number of hydrogen-bond donors (Lipinski definition) is 1. The lowest BCUT2D eigenvalue weighted by Crippen LogP contribution is -2.50. The minimum absolute atomic E-state index is 0.129. The summed E-state index contributed by atoms with van der Waals surface area (Å²) in [5, 5.41) is 0. The van der Waals surface area contributed by atoms with Gasteiger partial charge in [-0.3, -0.25) is 19.0 Å². The van der Waals surface area contributed by atoms with E-state index >= 15 is 0 Å². The van der Waals surface area contributed by atoms with E-state index in [2.05, 4.69) is 15.0 Å². The highest BCUT2D eigenvalue weighted by Crippen LogP contribution is 2.36. The van der Waals surface area contributed by atoms with Crippen LogP contribution in [0.25, 0.3) is 11.2 Å². The standard InChI is InChI=1S/C17H22N6O6/c1-8(24)22(4)13-11(5-27-9(2)25)29-17(14(13)28-10(3)26)23-7-21-12-15(18)19-6-20-16(12)23/h6-7,11,13-14,17H,5H2,1-4H3,(H2,18,19,20)/t11-,13-,14-,17-/m1/s1. The first-order valence-corrected chi connectivity index (χ1v) is 8.83. The van der Waals surface area contributed by atoms with Crippen molar-refractivity contribution in [1.82, 2.24) is 24.4 Å². The van der Waals surface area contributed by atoms with E-state index in [1.54, 1.807) is 11.6 Å². The quantitative estimate of drug-likeness (QED) is 0.652. The number of rotatable bonds is 5. The molecule has 0 aromatic carbocycles. The summed E-state index contributed by atoms with van der Waals surface area (Å²) in [6.07, 6.45) is 0.178. The number of ether oxygens (including phenoxy) is 3. The number of nitrogens with zero attached hydrogens (tertiary/aromatic N) is 5. The van der Waals surface area contributed by atoms with Crippen LogP contribution in [0.4, 0.5) is 5.82 Å². The Hall–Kier alpha value is -3.28. The predicted octanol–water partition coefficient (Wildman–Crippen LogP) is -0.352. The van der Waals surface area contributed by atoms with Gasteiger partial charge in [0.25, 0.3) is 0 Å². The predicted molar refractivity (Wildman–Crippen MR) is 98.1 cm³/mol. The summed E-state index contributed by atoms with van der Waals surface area (Å²) in [5.74, 6) is -1.15. The van der Waals surface area contributed by atoms with Crippen molar-refractivity contribution in [1.29, 1.82) is 0 Å². The Morgan fingerprint density at radius 1 is 1.21 bits per heavy atom. The first-order valence-electron chi connectivity index (χ1n) is 8.83. The highest BCUT2D eigenvalue weighted by molar-refractivity contribution is 5.81. The van der Waals surface area contributed by atoms with Crippen LogP contribution in [0.2, 0.25) is 0 Å². The first kappa shape index (κ1) is 20.5. The second-order valence-corrected chi connectivity index (χ2v) is 6.65. The molecule has 1 amide bonds. The zero-order valence-electron chi connectivity index (χ0n) is 16.4. The highest BCUT2D eigenvalue weighted by atomic mass is 16.6. The number of amides is 1. The number of imidazole rings is 1. The molecule has 1 saturated heterocycles. The Kier molecular flexibility index (Phi) is 5.64. The molecule has 2 aromatic heterocycles. The minimum Gasteiger partial charge on any atom is -0.463 e. The molecule has 156 valence electrons. The van der Waals surface area contributed by atoms with Gasteiger partial charge in [0.2, 0.25) is 5.91 Å². The van der Waals surface area contributed by atoms with Gasteiger partial charge < -0.3 is 24.8 Å². The van der Waals surface area contributed by atoms with Crippen molar-refractivity contribution in [2.24, 2.45) is 0 Å². The summed E-state index contributed by atoms with van der Waals surface area (Å²) in [5.41, 5.74) is 6.57. The molecule has 0 radical (unpaired) electrons. The summed E-state index contributed by atoms with van der Waals surface area (Å²) in [6.45, 7) is 3.77. The van der Waals surface area contributed by atoms with Crippen LogP contribution in [-0.2, 0) is 28.6 Å². The van der Waals surface area contributed by atoms with Crippen molar-refractivity contribution in [3.8, 4) is 0 Å². The van der Waals surface area contributed by atoms with E-state index < -0.39 is 36.4 Å². The maximum Gasteiger partial charge on any atom is 0.303 e. The lowest BCUT2D eigenvalue weighted by molar-refractivity contribution is -0.155. The van der Waals surface area contributed by atoms with Crippen molar-refractivity contribution in [2.75, 3.05) is 19.4 Å². The number of nitrogen functional groups attached to an aromatic ring is 1. The minimum atomic E-state index is -0.907.